The van der Waals surface area contributed by atoms with Crippen molar-refractivity contribution >= 4 is 5.69 Å². The van der Waals surface area contributed by atoms with Gasteiger partial charge in [-0.05, 0) is 31.9 Å². The summed E-state index contributed by atoms with van der Waals surface area (Å²) in [5.74, 6) is 1.77. The molecule has 1 aliphatic heterocycles. The van der Waals surface area contributed by atoms with E-state index >= 15 is 0 Å². The lowest BCUT2D eigenvalue weighted by Crippen LogP contribution is -2.08. The van der Waals surface area contributed by atoms with Crippen LogP contribution in [0.15, 0.2) is 12.1 Å². The van der Waals surface area contributed by atoms with Crippen LogP contribution >= 0.6 is 0 Å². The Morgan fingerprint density at radius 2 is 2.24 bits per heavy atom. The number of rotatable bonds is 5. The first-order chi connectivity index (χ1) is 8.26. The van der Waals surface area contributed by atoms with Crippen LogP contribution in [-0.4, -0.2) is 19.8 Å². The number of anilines is 1. The molecule has 94 valence electrons. The number of unbranched alkanes of at least 4 members (excludes halogenated alkanes) is 1. The summed E-state index contributed by atoms with van der Waals surface area (Å²) in [6.45, 7) is 5.11. The second-order valence-corrected chi connectivity index (χ2v) is 4.57. The lowest BCUT2D eigenvalue weighted by atomic mass is 10.1. The van der Waals surface area contributed by atoms with E-state index < -0.39 is 0 Å². The van der Waals surface area contributed by atoms with E-state index in [0.29, 0.717) is 6.04 Å². The van der Waals surface area contributed by atoms with Gasteiger partial charge in [-0.15, -0.1) is 0 Å². The Morgan fingerprint density at radius 3 is 2.94 bits per heavy atom. The highest BCUT2D eigenvalue weighted by Crippen LogP contribution is 2.40. The summed E-state index contributed by atoms with van der Waals surface area (Å²) in [6, 6.07) is 4.53. The minimum absolute atomic E-state index is 0.477. The minimum Gasteiger partial charge on any atom is -0.493 e. The molecule has 1 atom stereocenters. The molecular weight excluding hydrogens is 214 g/mol. The van der Waals surface area contributed by atoms with Gasteiger partial charge < -0.3 is 14.8 Å². The van der Waals surface area contributed by atoms with Crippen molar-refractivity contribution in [1.82, 2.24) is 0 Å². The maximum atomic E-state index is 5.89. The molecule has 1 unspecified atom stereocenters. The number of hydrogen-bond donors (Lipinski definition) is 1. The highest BCUT2D eigenvalue weighted by atomic mass is 16.5. The quantitative estimate of drug-likeness (QED) is 0.795. The summed E-state index contributed by atoms with van der Waals surface area (Å²) in [5, 5.41) is 3.44. The van der Waals surface area contributed by atoms with Crippen molar-refractivity contribution in [2.24, 2.45) is 0 Å². The van der Waals surface area contributed by atoms with E-state index in [-0.39, 0.29) is 0 Å². The molecule has 0 radical (unpaired) electrons. The predicted octanol–water partition coefficient (Wildman–Crippen LogP) is 3.23. The van der Waals surface area contributed by atoms with Crippen molar-refractivity contribution in [3.8, 4) is 11.5 Å². The second-order valence-electron chi connectivity index (χ2n) is 4.57. The Balaban J connectivity index is 2.24. The van der Waals surface area contributed by atoms with Gasteiger partial charge in [0.2, 0.25) is 0 Å². The molecule has 3 heteroatoms. The van der Waals surface area contributed by atoms with Gasteiger partial charge in [0.1, 0.15) is 0 Å². The van der Waals surface area contributed by atoms with Crippen LogP contribution in [-0.2, 0) is 6.42 Å². The summed E-state index contributed by atoms with van der Waals surface area (Å²) in [7, 11) is 1.69. The predicted molar refractivity (Wildman–Crippen MR) is 70.2 cm³/mol. The number of nitrogens with one attached hydrogen (secondary N) is 1. The van der Waals surface area contributed by atoms with Crippen LogP contribution in [0.3, 0.4) is 0 Å². The number of hydrogen-bond acceptors (Lipinski definition) is 3. The lowest BCUT2D eigenvalue weighted by Gasteiger charge is -2.14. The van der Waals surface area contributed by atoms with Crippen molar-refractivity contribution < 1.29 is 9.47 Å². The molecular formula is C14H21NO2. The maximum absolute atomic E-state index is 5.89. The van der Waals surface area contributed by atoms with E-state index in [1.807, 2.05) is 6.07 Å². The second kappa shape index (κ2) is 5.30. The van der Waals surface area contributed by atoms with Crippen LogP contribution in [0.4, 0.5) is 5.69 Å². The molecule has 1 N–H and O–H groups in total. The fraction of sp³-hybridized carbons (Fsp3) is 0.571. The van der Waals surface area contributed by atoms with Crippen LogP contribution in [0.25, 0.3) is 0 Å². The molecule has 3 nitrogen and oxygen atoms in total. The third-order valence-corrected chi connectivity index (χ3v) is 3.10. The molecule has 0 aliphatic carbocycles. The Morgan fingerprint density at radius 1 is 1.41 bits per heavy atom. The summed E-state index contributed by atoms with van der Waals surface area (Å²) in [6.07, 6.45) is 3.23. The van der Waals surface area contributed by atoms with Gasteiger partial charge in [0, 0.05) is 17.3 Å². The average Bonchev–Trinajstić information content (AvgIpc) is 2.70. The van der Waals surface area contributed by atoms with Crippen LogP contribution in [0.2, 0.25) is 0 Å². The van der Waals surface area contributed by atoms with Crippen LogP contribution < -0.4 is 14.8 Å². The molecule has 0 saturated carbocycles. The van der Waals surface area contributed by atoms with Gasteiger partial charge in [0.15, 0.2) is 11.5 Å². The number of fused-ring (bicyclic) bond motifs is 1. The zero-order chi connectivity index (χ0) is 12.3. The summed E-state index contributed by atoms with van der Waals surface area (Å²) < 4.78 is 11.3. The van der Waals surface area contributed by atoms with Crippen LogP contribution in [0.1, 0.15) is 32.3 Å². The Bertz CT molecular complexity index is 390. The molecule has 0 bridgehead atoms. The Hall–Kier alpha value is -1.38. The maximum Gasteiger partial charge on any atom is 0.166 e. The van der Waals surface area contributed by atoms with Crippen molar-refractivity contribution in [2.45, 2.75) is 39.2 Å². The molecule has 1 aromatic rings. The van der Waals surface area contributed by atoms with Gasteiger partial charge in [0.25, 0.3) is 0 Å². The van der Waals surface area contributed by atoms with E-state index in [1.165, 1.54) is 11.3 Å². The van der Waals surface area contributed by atoms with E-state index in [9.17, 15) is 0 Å². The fourth-order valence-electron chi connectivity index (χ4n) is 2.20. The smallest absolute Gasteiger partial charge is 0.166 e. The normalized spacial score (nSPS) is 17.5. The zero-order valence-electron chi connectivity index (χ0n) is 10.9. The van der Waals surface area contributed by atoms with Crippen molar-refractivity contribution in [3.05, 3.63) is 17.7 Å². The SMILES string of the molecule is CCCCOc1c(OC)ccc2c1CC(C)N2. The molecule has 2 rings (SSSR count). The van der Waals surface area contributed by atoms with E-state index in [1.54, 1.807) is 7.11 Å². The number of benzene rings is 1. The van der Waals surface area contributed by atoms with E-state index in [2.05, 4.69) is 25.2 Å². The van der Waals surface area contributed by atoms with Gasteiger partial charge in [-0.1, -0.05) is 13.3 Å². The van der Waals surface area contributed by atoms with Gasteiger partial charge >= 0.3 is 0 Å². The Kier molecular flexibility index (Phi) is 3.77. The summed E-state index contributed by atoms with van der Waals surface area (Å²) in [5.41, 5.74) is 2.44. The zero-order valence-corrected chi connectivity index (χ0v) is 10.9. The molecule has 0 saturated heterocycles. The molecule has 0 aromatic heterocycles. The minimum atomic E-state index is 0.477. The average molecular weight is 235 g/mol. The first-order valence-corrected chi connectivity index (χ1v) is 6.35. The molecule has 1 heterocycles. The van der Waals surface area contributed by atoms with Crippen molar-refractivity contribution in [2.75, 3.05) is 19.0 Å². The molecule has 17 heavy (non-hydrogen) atoms. The monoisotopic (exact) mass is 235 g/mol. The molecule has 1 aromatic carbocycles. The topological polar surface area (TPSA) is 30.5 Å². The van der Waals surface area contributed by atoms with Gasteiger partial charge in [-0.25, -0.2) is 0 Å². The van der Waals surface area contributed by atoms with Gasteiger partial charge in [-0.2, -0.15) is 0 Å². The first kappa shape index (κ1) is 12.1. The van der Waals surface area contributed by atoms with Crippen molar-refractivity contribution in [1.29, 1.82) is 0 Å². The third kappa shape index (κ3) is 2.48. The third-order valence-electron chi connectivity index (χ3n) is 3.10. The molecule has 0 amide bonds. The van der Waals surface area contributed by atoms with Crippen LogP contribution in [0.5, 0.6) is 11.5 Å². The van der Waals surface area contributed by atoms with Crippen molar-refractivity contribution in [3.63, 3.8) is 0 Å². The fourth-order valence-corrected chi connectivity index (χ4v) is 2.20. The molecule has 0 spiro atoms. The highest BCUT2D eigenvalue weighted by Gasteiger charge is 2.23. The lowest BCUT2D eigenvalue weighted by molar-refractivity contribution is 0.286. The Labute approximate surface area is 103 Å². The molecule has 1 aliphatic rings. The first-order valence-electron chi connectivity index (χ1n) is 6.35. The van der Waals surface area contributed by atoms with E-state index in [0.717, 1.165) is 37.4 Å². The van der Waals surface area contributed by atoms with Gasteiger partial charge in [-0.3, -0.25) is 0 Å². The summed E-state index contributed by atoms with van der Waals surface area (Å²) in [4.78, 5) is 0. The summed E-state index contributed by atoms with van der Waals surface area (Å²) >= 11 is 0. The van der Waals surface area contributed by atoms with E-state index in [4.69, 9.17) is 9.47 Å². The van der Waals surface area contributed by atoms with Gasteiger partial charge in [0.05, 0.1) is 13.7 Å². The standard InChI is InChI=1S/C14H21NO2/c1-4-5-8-17-14-11-9-10(2)15-12(11)6-7-13(14)16-3/h6-7,10,15H,4-5,8-9H2,1-3H3. The largest absolute Gasteiger partial charge is 0.493 e. The number of ether oxygens (including phenoxy) is 2. The molecule has 0 fully saturated rings. The highest BCUT2D eigenvalue weighted by molar-refractivity contribution is 5.66. The number of methoxy groups -OCH3 is 1. The van der Waals surface area contributed by atoms with Crippen LogP contribution in [0, 0.1) is 0 Å².